The van der Waals surface area contributed by atoms with E-state index in [0.29, 0.717) is 16.5 Å². The number of amides is 1. The largest absolute Gasteiger partial charge is 0.486 e. The van der Waals surface area contributed by atoms with Crippen LogP contribution in [0, 0.1) is 13.8 Å². The van der Waals surface area contributed by atoms with E-state index in [0.717, 1.165) is 17.5 Å². The molecule has 0 spiro atoms. The smallest absolute Gasteiger partial charge is 0.287 e. The molecule has 0 aliphatic heterocycles. The van der Waals surface area contributed by atoms with Gasteiger partial charge in [0.1, 0.15) is 18.1 Å². The van der Waals surface area contributed by atoms with Crippen molar-refractivity contribution < 1.29 is 13.9 Å². The summed E-state index contributed by atoms with van der Waals surface area (Å²) in [5.41, 5.74) is 3.21. The van der Waals surface area contributed by atoms with Crippen LogP contribution in [0.3, 0.4) is 0 Å². The van der Waals surface area contributed by atoms with E-state index in [9.17, 15) is 4.79 Å². The number of furan rings is 1. The Kier molecular flexibility index (Phi) is 6.42. The highest BCUT2D eigenvalue weighted by atomic mass is 35.5. The fourth-order valence-electron chi connectivity index (χ4n) is 2.89. The Morgan fingerprint density at radius 3 is 2.54 bits per heavy atom. The monoisotopic (exact) mass is 397 g/mol. The molecular formula is C23H24ClNO3. The second-order valence-corrected chi connectivity index (χ2v) is 7.22. The average molecular weight is 398 g/mol. The molecule has 0 saturated carbocycles. The van der Waals surface area contributed by atoms with Crippen LogP contribution in [0.25, 0.3) is 0 Å². The number of rotatable bonds is 7. The lowest BCUT2D eigenvalue weighted by molar-refractivity contribution is 0.0903. The SMILES string of the molecule is CCC(NC(=O)c1ccc(COc2ccc(Cl)c(C)c2)o1)c1ccc(C)cc1. The van der Waals surface area contributed by atoms with E-state index < -0.39 is 0 Å². The number of hydrogen-bond acceptors (Lipinski definition) is 3. The van der Waals surface area contributed by atoms with Crippen molar-refractivity contribution in [1.82, 2.24) is 5.32 Å². The first-order chi connectivity index (χ1) is 13.5. The van der Waals surface area contributed by atoms with Crippen LogP contribution in [-0.4, -0.2) is 5.91 Å². The number of carbonyl (C=O) groups excluding carboxylic acids is 1. The minimum atomic E-state index is -0.235. The molecule has 146 valence electrons. The normalized spacial score (nSPS) is 11.9. The van der Waals surface area contributed by atoms with E-state index in [1.165, 1.54) is 5.56 Å². The molecule has 3 rings (SSSR count). The van der Waals surface area contributed by atoms with Crippen LogP contribution >= 0.6 is 11.6 Å². The van der Waals surface area contributed by atoms with E-state index in [2.05, 4.69) is 5.32 Å². The standard InChI is InChI=1S/C23H24ClNO3/c1-4-21(17-7-5-15(2)6-8-17)25-23(26)22-12-10-19(28-22)14-27-18-9-11-20(24)16(3)13-18/h5-13,21H,4,14H2,1-3H3,(H,25,26). The van der Waals surface area contributed by atoms with Crippen molar-refractivity contribution in [3.63, 3.8) is 0 Å². The molecule has 0 fully saturated rings. The van der Waals surface area contributed by atoms with Gasteiger partial charge < -0.3 is 14.5 Å². The minimum absolute atomic E-state index is 0.0602. The van der Waals surface area contributed by atoms with Crippen molar-refractivity contribution >= 4 is 17.5 Å². The van der Waals surface area contributed by atoms with Crippen molar-refractivity contribution in [3.05, 3.63) is 87.8 Å². The van der Waals surface area contributed by atoms with Gasteiger partial charge in [-0.3, -0.25) is 4.79 Å². The minimum Gasteiger partial charge on any atom is -0.486 e. The molecule has 0 aliphatic carbocycles. The van der Waals surface area contributed by atoms with Crippen LogP contribution in [0.1, 0.15) is 52.4 Å². The van der Waals surface area contributed by atoms with E-state index in [1.54, 1.807) is 24.3 Å². The Hall–Kier alpha value is -2.72. The fourth-order valence-corrected chi connectivity index (χ4v) is 3.01. The lowest BCUT2D eigenvalue weighted by Gasteiger charge is -2.17. The molecule has 1 N–H and O–H groups in total. The summed E-state index contributed by atoms with van der Waals surface area (Å²) in [6.45, 7) is 6.24. The van der Waals surface area contributed by atoms with Gasteiger partial charge in [-0.15, -0.1) is 0 Å². The summed E-state index contributed by atoms with van der Waals surface area (Å²) in [5, 5.41) is 3.73. The van der Waals surface area contributed by atoms with E-state index in [4.69, 9.17) is 20.8 Å². The number of aryl methyl sites for hydroxylation is 2. The zero-order valence-corrected chi connectivity index (χ0v) is 17.0. The van der Waals surface area contributed by atoms with E-state index in [1.807, 2.05) is 51.1 Å². The summed E-state index contributed by atoms with van der Waals surface area (Å²) in [5.74, 6) is 1.33. The highest BCUT2D eigenvalue weighted by Crippen LogP contribution is 2.22. The predicted molar refractivity (Wildman–Crippen MR) is 111 cm³/mol. The van der Waals surface area contributed by atoms with Gasteiger partial charge in [-0.1, -0.05) is 48.4 Å². The first-order valence-electron chi connectivity index (χ1n) is 9.31. The lowest BCUT2D eigenvalue weighted by Crippen LogP contribution is -2.27. The molecule has 1 amide bonds. The van der Waals surface area contributed by atoms with Crippen molar-refractivity contribution in [2.45, 2.75) is 39.8 Å². The van der Waals surface area contributed by atoms with Crippen LogP contribution < -0.4 is 10.1 Å². The molecule has 1 heterocycles. The third kappa shape index (κ3) is 4.96. The van der Waals surface area contributed by atoms with Gasteiger partial charge in [0, 0.05) is 5.02 Å². The van der Waals surface area contributed by atoms with E-state index in [-0.39, 0.29) is 24.3 Å². The van der Waals surface area contributed by atoms with Crippen LogP contribution in [0.5, 0.6) is 5.75 Å². The van der Waals surface area contributed by atoms with Crippen molar-refractivity contribution in [2.24, 2.45) is 0 Å². The molecule has 1 atom stereocenters. The molecule has 0 saturated heterocycles. The Balaban J connectivity index is 1.61. The average Bonchev–Trinajstić information content (AvgIpc) is 3.17. The Bertz CT molecular complexity index is 947. The van der Waals surface area contributed by atoms with Crippen LogP contribution in [-0.2, 0) is 6.61 Å². The maximum absolute atomic E-state index is 12.6. The van der Waals surface area contributed by atoms with Gasteiger partial charge in [0.25, 0.3) is 5.91 Å². The van der Waals surface area contributed by atoms with Gasteiger partial charge in [-0.05, 0) is 61.7 Å². The maximum atomic E-state index is 12.6. The van der Waals surface area contributed by atoms with Crippen molar-refractivity contribution in [3.8, 4) is 5.75 Å². The zero-order chi connectivity index (χ0) is 20.1. The van der Waals surface area contributed by atoms with Crippen LogP contribution in [0.15, 0.2) is 59.0 Å². The summed E-state index contributed by atoms with van der Waals surface area (Å²) >= 11 is 6.02. The van der Waals surface area contributed by atoms with Crippen molar-refractivity contribution in [1.29, 1.82) is 0 Å². The molecule has 4 nitrogen and oxygen atoms in total. The predicted octanol–water partition coefficient (Wildman–Crippen LogP) is 6.01. The quantitative estimate of drug-likeness (QED) is 0.531. The Labute approximate surface area is 170 Å². The fraction of sp³-hybridized carbons (Fsp3) is 0.261. The number of benzene rings is 2. The molecule has 0 radical (unpaired) electrons. The Morgan fingerprint density at radius 1 is 1.11 bits per heavy atom. The first-order valence-corrected chi connectivity index (χ1v) is 9.69. The number of carbonyl (C=O) groups is 1. The zero-order valence-electron chi connectivity index (χ0n) is 16.3. The number of hydrogen-bond donors (Lipinski definition) is 1. The second kappa shape index (κ2) is 8.98. The molecule has 2 aromatic carbocycles. The van der Waals surface area contributed by atoms with Crippen molar-refractivity contribution in [2.75, 3.05) is 0 Å². The van der Waals surface area contributed by atoms with Gasteiger partial charge in [-0.2, -0.15) is 0 Å². The third-order valence-electron chi connectivity index (χ3n) is 4.59. The van der Waals surface area contributed by atoms with Gasteiger partial charge in [0.05, 0.1) is 6.04 Å². The molecule has 1 unspecified atom stereocenters. The van der Waals surface area contributed by atoms with Crippen LogP contribution in [0.2, 0.25) is 5.02 Å². The molecule has 0 aliphatic rings. The van der Waals surface area contributed by atoms with Gasteiger partial charge >= 0.3 is 0 Å². The van der Waals surface area contributed by atoms with Gasteiger partial charge in [-0.25, -0.2) is 0 Å². The Morgan fingerprint density at radius 2 is 1.86 bits per heavy atom. The topological polar surface area (TPSA) is 51.5 Å². The number of ether oxygens (including phenoxy) is 1. The van der Waals surface area contributed by atoms with E-state index >= 15 is 0 Å². The second-order valence-electron chi connectivity index (χ2n) is 6.81. The molecular weight excluding hydrogens is 374 g/mol. The molecule has 0 bridgehead atoms. The first kappa shape index (κ1) is 20.0. The van der Waals surface area contributed by atoms with Crippen LogP contribution in [0.4, 0.5) is 0 Å². The summed E-state index contributed by atoms with van der Waals surface area (Å²) in [7, 11) is 0. The third-order valence-corrected chi connectivity index (χ3v) is 5.01. The number of nitrogens with one attached hydrogen (secondary N) is 1. The summed E-state index contributed by atoms with van der Waals surface area (Å²) in [4.78, 5) is 12.6. The summed E-state index contributed by atoms with van der Waals surface area (Å²) < 4.78 is 11.4. The lowest BCUT2D eigenvalue weighted by atomic mass is 10.0. The maximum Gasteiger partial charge on any atom is 0.287 e. The molecule has 28 heavy (non-hydrogen) atoms. The molecule has 1 aromatic heterocycles. The molecule has 3 aromatic rings. The highest BCUT2D eigenvalue weighted by Gasteiger charge is 2.17. The summed E-state index contributed by atoms with van der Waals surface area (Å²) in [6, 6.07) is 17.0. The highest BCUT2D eigenvalue weighted by molar-refractivity contribution is 6.31. The van der Waals surface area contributed by atoms with Gasteiger partial charge in [0.2, 0.25) is 0 Å². The summed E-state index contributed by atoms with van der Waals surface area (Å²) in [6.07, 6.45) is 0.793. The van der Waals surface area contributed by atoms with Gasteiger partial charge in [0.15, 0.2) is 5.76 Å². The number of halogens is 1. The molecule has 5 heteroatoms.